The summed E-state index contributed by atoms with van der Waals surface area (Å²) >= 11 is 0. The average molecular weight is 277 g/mol. The predicted octanol–water partition coefficient (Wildman–Crippen LogP) is -1.04. The Morgan fingerprint density at radius 2 is 1.80 bits per heavy atom. The molecule has 0 saturated carbocycles. The van der Waals surface area contributed by atoms with Crippen molar-refractivity contribution < 1.29 is 9.59 Å². The van der Waals surface area contributed by atoms with Crippen LogP contribution in [0.2, 0.25) is 0 Å². The molecule has 1 saturated heterocycles. The van der Waals surface area contributed by atoms with Gasteiger partial charge >= 0.3 is 0 Å². The normalized spacial score (nSPS) is 21.4. The maximum atomic E-state index is 12.1. The van der Waals surface area contributed by atoms with Crippen molar-refractivity contribution in [3.8, 4) is 0 Å². The molecule has 1 aromatic carbocycles. The van der Waals surface area contributed by atoms with Crippen LogP contribution in [0.3, 0.4) is 0 Å². The number of nitrogens with one attached hydrogen (secondary N) is 5. The molecular formula is C13H19N5O2. The van der Waals surface area contributed by atoms with Crippen LogP contribution in [-0.2, 0) is 9.59 Å². The van der Waals surface area contributed by atoms with E-state index in [4.69, 9.17) is 0 Å². The maximum absolute atomic E-state index is 12.1. The molecule has 1 aliphatic rings. The molecule has 0 spiro atoms. The smallest absolute Gasteiger partial charge is 0.240 e. The van der Waals surface area contributed by atoms with Gasteiger partial charge in [-0.3, -0.25) is 9.59 Å². The molecule has 1 fully saturated rings. The van der Waals surface area contributed by atoms with Gasteiger partial charge in [-0.05, 0) is 5.56 Å². The number of carbonyl (C=O) groups is 2. The van der Waals surface area contributed by atoms with E-state index >= 15 is 0 Å². The fraction of sp³-hybridized carbons (Fsp3) is 0.385. The third-order valence-electron chi connectivity index (χ3n) is 3.03. The summed E-state index contributed by atoms with van der Waals surface area (Å²) in [6, 6.07) is 9.17. The third-order valence-corrected chi connectivity index (χ3v) is 3.03. The van der Waals surface area contributed by atoms with Crippen LogP contribution in [0, 0.1) is 0 Å². The summed E-state index contributed by atoms with van der Waals surface area (Å²) in [5.74, 6) is -0.231. The molecule has 0 bridgehead atoms. The third kappa shape index (κ3) is 3.77. The second-order valence-electron chi connectivity index (χ2n) is 4.55. The molecule has 1 aromatic rings. The van der Waals surface area contributed by atoms with Gasteiger partial charge in [0.25, 0.3) is 0 Å². The first kappa shape index (κ1) is 14.4. The van der Waals surface area contributed by atoms with Crippen LogP contribution in [0.15, 0.2) is 30.3 Å². The fourth-order valence-corrected chi connectivity index (χ4v) is 2.05. The first-order valence-electron chi connectivity index (χ1n) is 6.51. The van der Waals surface area contributed by atoms with Crippen LogP contribution in [0.25, 0.3) is 0 Å². The van der Waals surface area contributed by atoms with Crippen LogP contribution in [0.5, 0.6) is 0 Å². The van der Waals surface area contributed by atoms with Crippen molar-refractivity contribution >= 4 is 11.8 Å². The number of rotatable bonds is 5. The van der Waals surface area contributed by atoms with Crippen molar-refractivity contribution in [1.29, 1.82) is 0 Å². The molecule has 5 N–H and O–H groups in total. The van der Waals surface area contributed by atoms with Gasteiger partial charge in [0.15, 0.2) is 0 Å². The van der Waals surface area contributed by atoms with Crippen molar-refractivity contribution in [2.75, 3.05) is 13.1 Å². The lowest BCUT2D eigenvalue weighted by atomic mass is 10.0. The molecule has 2 amide bonds. The Morgan fingerprint density at radius 1 is 1.10 bits per heavy atom. The van der Waals surface area contributed by atoms with Crippen molar-refractivity contribution in [3.05, 3.63) is 35.9 Å². The molecule has 20 heavy (non-hydrogen) atoms. The van der Waals surface area contributed by atoms with Gasteiger partial charge in [-0.25, -0.2) is 10.9 Å². The lowest BCUT2D eigenvalue weighted by Gasteiger charge is -2.17. The van der Waals surface area contributed by atoms with Gasteiger partial charge in [0.05, 0.1) is 6.04 Å². The largest absolute Gasteiger partial charge is 0.355 e. The van der Waals surface area contributed by atoms with Gasteiger partial charge in [0.1, 0.15) is 6.04 Å². The van der Waals surface area contributed by atoms with Gasteiger partial charge < -0.3 is 10.6 Å². The molecule has 7 nitrogen and oxygen atoms in total. The Bertz CT molecular complexity index is 465. The zero-order chi connectivity index (χ0) is 14.4. The van der Waals surface area contributed by atoms with E-state index < -0.39 is 6.04 Å². The predicted molar refractivity (Wildman–Crippen MR) is 74.1 cm³/mol. The molecule has 2 rings (SSSR count). The van der Waals surface area contributed by atoms with E-state index in [2.05, 4.69) is 27.0 Å². The minimum Gasteiger partial charge on any atom is -0.355 e. The number of hydrogen-bond acceptors (Lipinski definition) is 5. The van der Waals surface area contributed by atoms with E-state index in [1.807, 2.05) is 30.3 Å². The maximum Gasteiger partial charge on any atom is 0.240 e. The first-order chi connectivity index (χ1) is 9.68. The Kier molecular flexibility index (Phi) is 5.05. The Labute approximate surface area is 117 Å². The van der Waals surface area contributed by atoms with Gasteiger partial charge in [-0.2, -0.15) is 5.53 Å². The molecule has 0 aliphatic carbocycles. The highest BCUT2D eigenvalue weighted by atomic mass is 16.2. The monoisotopic (exact) mass is 277 g/mol. The summed E-state index contributed by atoms with van der Waals surface area (Å²) in [6.45, 7) is 2.27. The molecule has 2 atom stereocenters. The fourth-order valence-electron chi connectivity index (χ4n) is 2.05. The van der Waals surface area contributed by atoms with E-state index in [9.17, 15) is 9.59 Å². The molecule has 0 radical (unpaired) electrons. The van der Waals surface area contributed by atoms with Crippen molar-refractivity contribution in [2.24, 2.45) is 0 Å². The second-order valence-corrected chi connectivity index (χ2v) is 4.55. The first-order valence-corrected chi connectivity index (χ1v) is 6.51. The summed E-state index contributed by atoms with van der Waals surface area (Å²) in [5.41, 5.74) is 9.72. The van der Waals surface area contributed by atoms with E-state index in [1.165, 1.54) is 6.92 Å². The number of amides is 2. The SMILES string of the molecule is CC(=O)NCCNC(=O)C1NNNC1c1ccccc1. The lowest BCUT2D eigenvalue weighted by molar-refractivity contribution is -0.123. The zero-order valence-electron chi connectivity index (χ0n) is 11.3. The van der Waals surface area contributed by atoms with E-state index in [0.717, 1.165) is 5.56 Å². The number of benzene rings is 1. The highest BCUT2D eigenvalue weighted by Gasteiger charge is 2.33. The topological polar surface area (TPSA) is 94.3 Å². The van der Waals surface area contributed by atoms with Crippen LogP contribution in [0.4, 0.5) is 0 Å². The number of hydrogen-bond donors (Lipinski definition) is 5. The molecule has 1 heterocycles. The van der Waals surface area contributed by atoms with E-state index in [0.29, 0.717) is 13.1 Å². The standard InChI is InChI=1S/C13H19N5O2/c1-9(19)14-7-8-15-13(20)12-11(16-18-17-12)10-5-3-2-4-6-10/h2-6,11-12,16-18H,7-8H2,1H3,(H,14,19)(H,15,20). The van der Waals surface area contributed by atoms with Gasteiger partial charge in [-0.15, -0.1) is 0 Å². The molecule has 1 aliphatic heterocycles. The number of hydrazine groups is 2. The van der Waals surface area contributed by atoms with Gasteiger partial charge in [-0.1, -0.05) is 30.3 Å². The molecular weight excluding hydrogens is 258 g/mol. The van der Waals surface area contributed by atoms with Crippen LogP contribution in [0.1, 0.15) is 18.5 Å². The molecule has 7 heteroatoms. The van der Waals surface area contributed by atoms with E-state index in [-0.39, 0.29) is 17.9 Å². The van der Waals surface area contributed by atoms with E-state index in [1.54, 1.807) is 0 Å². The van der Waals surface area contributed by atoms with Crippen molar-refractivity contribution in [2.45, 2.75) is 19.0 Å². The molecule has 0 aromatic heterocycles. The Balaban J connectivity index is 1.87. The van der Waals surface area contributed by atoms with Crippen molar-refractivity contribution in [3.63, 3.8) is 0 Å². The summed E-state index contributed by atoms with van der Waals surface area (Å²) in [5, 5.41) is 5.41. The quantitative estimate of drug-likeness (QED) is 0.443. The summed E-state index contributed by atoms with van der Waals surface area (Å²) in [4.78, 5) is 22.8. The highest BCUT2D eigenvalue weighted by molar-refractivity contribution is 5.83. The van der Waals surface area contributed by atoms with Crippen LogP contribution >= 0.6 is 0 Å². The molecule has 2 unspecified atom stereocenters. The zero-order valence-corrected chi connectivity index (χ0v) is 11.3. The minimum atomic E-state index is -0.408. The second kappa shape index (κ2) is 6.99. The van der Waals surface area contributed by atoms with Crippen LogP contribution in [-0.4, -0.2) is 30.9 Å². The molecule has 108 valence electrons. The minimum absolute atomic E-state index is 0.108. The average Bonchev–Trinajstić information content (AvgIpc) is 2.93. The lowest BCUT2D eigenvalue weighted by Crippen LogP contribution is -2.46. The van der Waals surface area contributed by atoms with Gasteiger partial charge in [0.2, 0.25) is 11.8 Å². The number of carbonyl (C=O) groups excluding carboxylic acids is 2. The van der Waals surface area contributed by atoms with Crippen molar-refractivity contribution in [1.82, 2.24) is 27.0 Å². The van der Waals surface area contributed by atoms with Gasteiger partial charge in [0, 0.05) is 20.0 Å². The summed E-state index contributed by atoms with van der Waals surface area (Å²) in [6.07, 6.45) is 0. The highest BCUT2D eigenvalue weighted by Crippen LogP contribution is 2.18. The Morgan fingerprint density at radius 3 is 2.50 bits per heavy atom. The summed E-state index contributed by atoms with van der Waals surface area (Å²) in [7, 11) is 0. The Hall–Kier alpha value is -1.96. The van der Waals surface area contributed by atoms with Crippen LogP contribution < -0.4 is 27.0 Å². The summed E-state index contributed by atoms with van der Waals surface area (Å²) < 4.78 is 0.